The van der Waals surface area contributed by atoms with Gasteiger partial charge in [-0.15, -0.1) is 0 Å². The second-order valence-corrected chi connectivity index (χ2v) is 7.78. The van der Waals surface area contributed by atoms with Crippen LogP contribution in [0.5, 0.6) is 0 Å². The Hall–Kier alpha value is -1.63. The number of carbonyl (C=O) groups is 1. The highest BCUT2D eigenvalue weighted by Gasteiger charge is 2.49. The Morgan fingerprint density at radius 1 is 1.32 bits per heavy atom. The molecule has 1 amide bonds. The molecule has 0 aliphatic carbocycles. The molecule has 1 aromatic rings. The van der Waals surface area contributed by atoms with Gasteiger partial charge in [0.05, 0.1) is 17.8 Å². The Labute approximate surface area is 149 Å². The van der Waals surface area contributed by atoms with Gasteiger partial charge in [0, 0.05) is 44.9 Å². The van der Waals surface area contributed by atoms with Crippen LogP contribution in [0.3, 0.4) is 0 Å². The lowest BCUT2D eigenvalue weighted by Crippen LogP contribution is -2.59. The highest BCUT2D eigenvalue weighted by molar-refractivity contribution is 5.95. The van der Waals surface area contributed by atoms with Crippen molar-refractivity contribution in [1.82, 2.24) is 4.90 Å². The number of carbonyl (C=O) groups excluding carboxylic acids is 1. The molecule has 1 aromatic carbocycles. The van der Waals surface area contributed by atoms with E-state index in [1.807, 2.05) is 48.2 Å². The number of nitrogens with zero attached hydrogens (tertiary/aromatic N) is 2. The van der Waals surface area contributed by atoms with Crippen LogP contribution in [-0.4, -0.2) is 72.1 Å². The molecule has 6 heteroatoms. The van der Waals surface area contributed by atoms with Gasteiger partial charge < -0.3 is 24.7 Å². The van der Waals surface area contributed by atoms with Crippen molar-refractivity contribution in [2.24, 2.45) is 0 Å². The molecule has 0 aromatic heterocycles. The van der Waals surface area contributed by atoms with Crippen LogP contribution >= 0.6 is 0 Å². The molecule has 2 saturated heterocycles. The van der Waals surface area contributed by atoms with Crippen LogP contribution < -0.4 is 4.90 Å². The van der Waals surface area contributed by atoms with Gasteiger partial charge in [-0.2, -0.15) is 0 Å². The van der Waals surface area contributed by atoms with E-state index in [0.717, 1.165) is 5.69 Å². The van der Waals surface area contributed by atoms with E-state index in [1.54, 1.807) is 6.92 Å². The number of hydrogen-bond donors (Lipinski definition) is 2. The molecule has 1 spiro atoms. The van der Waals surface area contributed by atoms with Gasteiger partial charge in [-0.3, -0.25) is 4.79 Å². The van der Waals surface area contributed by atoms with Crippen LogP contribution in [0.2, 0.25) is 0 Å². The topological polar surface area (TPSA) is 73.2 Å². The number of rotatable bonds is 2. The van der Waals surface area contributed by atoms with Gasteiger partial charge in [-0.05, 0) is 38.0 Å². The number of piperidine rings is 1. The molecule has 6 nitrogen and oxygen atoms in total. The van der Waals surface area contributed by atoms with Crippen molar-refractivity contribution in [1.29, 1.82) is 0 Å². The van der Waals surface area contributed by atoms with Crippen LogP contribution in [-0.2, 0) is 4.74 Å². The lowest BCUT2D eigenvalue weighted by atomic mass is 9.76. The molecule has 2 aliphatic heterocycles. The first kappa shape index (κ1) is 18.2. The maximum absolute atomic E-state index is 12.8. The number of likely N-dealkylation sites (tertiary alicyclic amines) is 1. The molecular weight excluding hydrogens is 320 g/mol. The van der Waals surface area contributed by atoms with Gasteiger partial charge in [0.2, 0.25) is 0 Å². The zero-order chi connectivity index (χ0) is 18.2. The summed E-state index contributed by atoms with van der Waals surface area (Å²) in [7, 11) is 3.91. The monoisotopic (exact) mass is 348 g/mol. The number of hydrogen-bond acceptors (Lipinski definition) is 5. The van der Waals surface area contributed by atoms with Crippen LogP contribution in [0, 0.1) is 0 Å². The van der Waals surface area contributed by atoms with Gasteiger partial charge in [0.15, 0.2) is 0 Å². The summed E-state index contributed by atoms with van der Waals surface area (Å²) in [6.45, 7) is 2.99. The van der Waals surface area contributed by atoms with Crippen molar-refractivity contribution in [2.45, 2.75) is 43.5 Å². The molecule has 2 fully saturated rings. The Bertz CT molecular complexity index is 636. The molecule has 0 bridgehead atoms. The Morgan fingerprint density at radius 2 is 2.00 bits per heavy atom. The summed E-state index contributed by atoms with van der Waals surface area (Å²) in [6.07, 6.45) is 0.898. The fourth-order valence-corrected chi connectivity index (χ4v) is 3.79. The number of ether oxygens (including phenoxy) is 1. The number of anilines is 1. The van der Waals surface area contributed by atoms with E-state index in [-0.39, 0.29) is 12.5 Å². The Balaban J connectivity index is 1.66. The molecule has 0 saturated carbocycles. The van der Waals surface area contributed by atoms with Gasteiger partial charge in [-0.1, -0.05) is 6.07 Å². The number of amides is 1. The molecule has 25 heavy (non-hydrogen) atoms. The van der Waals surface area contributed by atoms with Crippen molar-refractivity contribution in [3.8, 4) is 0 Å². The second-order valence-electron chi connectivity index (χ2n) is 7.78. The van der Waals surface area contributed by atoms with Crippen molar-refractivity contribution in [2.75, 3.05) is 38.7 Å². The van der Waals surface area contributed by atoms with Crippen LogP contribution in [0.1, 0.15) is 36.5 Å². The molecule has 3 rings (SSSR count). The summed E-state index contributed by atoms with van der Waals surface area (Å²) in [5.74, 6) is 0.0288. The van der Waals surface area contributed by atoms with E-state index in [0.29, 0.717) is 37.9 Å². The van der Waals surface area contributed by atoms with E-state index >= 15 is 0 Å². The van der Waals surface area contributed by atoms with E-state index < -0.39 is 17.3 Å². The largest absolute Gasteiger partial charge is 0.388 e. The van der Waals surface area contributed by atoms with E-state index in [9.17, 15) is 15.0 Å². The summed E-state index contributed by atoms with van der Waals surface area (Å²) in [4.78, 5) is 16.6. The molecule has 0 radical (unpaired) electrons. The highest BCUT2D eigenvalue weighted by Crippen LogP contribution is 2.39. The minimum atomic E-state index is -1.13. The third kappa shape index (κ3) is 3.66. The van der Waals surface area contributed by atoms with Crippen molar-refractivity contribution >= 4 is 11.6 Å². The fraction of sp³-hybridized carbons (Fsp3) is 0.632. The Morgan fingerprint density at radius 3 is 2.60 bits per heavy atom. The molecular formula is C19H28N2O4. The fourth-order valence-electron chi connectivity index (χ4n) is 3.79. The van der Waals surface area contributed by atoms with Gasteiger partial charge >= 0.3 is 0 Å². The highest BCUT2D eigenvalue weighted by atomic mass is 16.5. The second kappa shape index (κ2) is 6.59. The predicted molar refractivity (Wildman–Crippen MR) is 95.8 cm³/mol. The molecule has 138 valence electrons. The first-order valence-corrected chi connectivity index (χ1v) is 8.84. The average molecular weight is 348 g/mol. The third-order valence-electron chi connectivity index (χ3n) is 5.52. The van der Waals surface area contributed by atoms with E-state index in [1.165, 1.54) is 0 Å². The van der Waals surface area contributed by atoms with Gasteiger partial charge in [-0.25, -0.2) is 0 Å². The van der Waals surface area contributed by atoms with Crippen molar-refractivity contribution in [3.63, 3.8) is 0 Å². The minimum Gasteiger partial charge on any atom is -0.388 e. The Kier molecular flexibility index (Phi) is 4.79. The lowest BCUT2D eigenvalue weighted by Gasteiger charge is -2.49. The van der Waals surface area contributed by atoms with E-state index in [4.69, 9.17) is 4.74 Å². The normalized spacial score (nSPS) is 28.8. The van der Waals surface area contributed by atoms with Crippen LogP contribution in [0.4, 0.5) is 5.69 Å². The van der Waals surface area contributed by atoms with Crippen LogP contribution in [0.15, 0.2) is 24.3 Å². The summed E-state index contributed by atoms with van der Waals surface area (Å²) >= 11 is 0. The molecule has 0 unspecified atom stereocenters. The number of benzene rings is 1. The SMILES string of the molecule is CN(C)c1cccc(C(=O)N2CCC3(CC2)C[C@](C)(O)[C@@H](O)CO3)c1. The summed E-state index contributed by atoms with van der Waals surface area (Å²) in [5.41, 5.74) is 0.115. The summed E-state index contributed by atoms with van der Waals surface area (Å²) < 4.78 is 5.88. The molecule has 2 aliphatic rings. The smallest absolute Gasteiger partial charge is 0.253 e. The molecule has 2 heterocycles. The molecule has 2 atom stereocenters. The predicted octanol–water partition coefficient (Wildman–Crippen LogP) is 1.26. The lowest BCUT2D eigenvalue weighted by molar-refractivity contribution is -0.221. The third-order valence-corrected chi connectivity index (χ3v) is 5.52. The summed E-state index contributed by atoms with van der Waals surface area (Å²) in [6, 6.07) is 7.63. The van der Waals surface area contributed by atoms with Gasteiger partial charge in [0.25, 0.3) is 5.91 Å². The summed E-state index contributed by atoms with van der Waals surface area (Å²) in [5, 5.41) is 20.2. The van der Waals surface area contributed by atoms with E-state index in [2.05, 4.69) is 0 Å². The first-order valence-electron chi connectivity index (χ1n) is 8.84. The first-order chi connectivity index (χ1) is 11.7. The maximum Gasteiger partial charge on any atom is 0.253 e. The average Bonchev–Trinajstić information content (AvgIpc) is 2.58. The van der Waals surface area contributed by atoms with Crippen molar-refractivity contribution in [3.05, 3.63) is 29.8 Å². The number of aliphatic hydroxyl groups excluding tert-OH is 1. The quantitative estimate of drug-likeness (QED) is 0.842. The maximum atomic E-state index is 12.8. The minimum absolute atomic E-state index is 0.0288. The standard InChI is InChI=1S/C19H28N2O4/c1-18(24)13-19(25-12-16(18)22)7-9-21(10-8-19)17(23)14-5-4-6-15(11-14)20(2)3/h4-6,11,16,22,24H,7-10,12-13H2,1-3H3/t16-,18-/m0/s1. The number of aliphatic hydroxyl groups is 2. The zero-order valence-corrected chi connectivity index (χ0v) is 15.2. The van der Waals surface area contributed by atoms with Crippen LogP contribution in [0.25, 0.3) is 0 Å². The zero-order valence-electron chi connectivity index (χ0n) is 15.2. The van der Waals surface area contributed by atoms with Gasteiger partial charge in [0.1, 0.15) is 6.10 Å². The van der Waals surface area contributed by atoms with Crippen molar-refractivity contribution < 1.29 is 19.7 Å². The molecule has 2 N–H and O–H groups in total.